The normalized spacial score (nSPS) is 16.1. The maximum absolute atomic E-state index is 13.4. The van der Waals surface area contributed by atoms with Gasteiger partial charge in [-0.25, -0.2) is 12.4 Å². The van der Waals surface area contributed by atoms with Crippen LogP contribution in [0.4, 0.5) is 5.69 Å². The molecule has 1 aliphatic heterocycles. The number of hydrogen-bond acceptors (Lipinski definition) is 8. The van der Waals surface area contributed by atoms with Gasteiger partial charge in [-0.2, -0.15) is 5.10 Å². The molecule has 0 aliphatic carbocycles. The molecule has 0 spiro atoms. The van der Waals surface area contributed by atoms with Gasteiger partial charge in [0.15, 0.2) is 11.5 Å². The van der Waals surface area contributed by atoms with Crippen LogP contribution in [-0.4, -0.2) is 60.9 Å². The molecule has 12 heteroatoms. The fourth-order valence-corrected chi connectivity index (χ4v) is 4.64. The molecule has 1 aliphatic rings. The number of nitro benzene ring substituents is 1. The summed E-state index contributed by atoms with van der Waals surface area (Å²) in [5.41, 5.74) is -1.24. The molecule has 32 heavy (non-hydrogen) atoms. The van der Waals surface area contributed by atoms with Crippen molar-refractivity contribution in [3.05, 3.63) is 64.3 Å². The van der Waals surface area contributed by atoms with Crippen LogP contribution < -0.4 is 9.47 Å². The van der Waals surface area contributed by atoms with Crippen LogP contribution in [-0.2, 0) is 10.0 Å². The highest BCUT2D eigenvalue weighted by atomic mass is 32.2. The minimum absolute atomic E-state index is 0.125. The Hall–Kier alpha value is -3.93. The highest BCUT2D eigenvalue weighted by Crippen LogP contribution is 2.35. The van der Waals surface area contributed by atoms with Crippen LogP contribution in [0.3, 0.4) is 0 Å². The summed E-state index contributed by atoms with van der Waals surface area (Å²) in [7, 11) is -0.645. The smallest absolute Gasteiger partial charge is 0.280 e. The first-order valence-corrected chi connectivity index (χ1v) is 10.9. The van der Waals surface area contributed by atoms with Crippen LogP contribution in [0, 0.1) is 10.1 Å². The molecule has 11 nitrogen and oxygen atoms in total. The maximum Gasteiger partial charge on any atom is 0.280 e. The van der Waals surface area contributed by atoms with E-state index in [-0.39, 0.29) is 28.8 Å². The molecule has 1 aromatic heterocycles. The predicted octanol–water partition coefficient (Wildman–Crippen LogP) is 2.45. The predicted molar refractivity (Wildman–Crippen MR) is 119 cm³/mol. The van der Waals surface area contributed by atoms with Crippen LogP contribution in [0.15, 0.2) is 58.9 Å². The topological polar surface area (TPSA) is 129 Å². The van der Waals surface area contributed by atoms with Gasteiger partial charge in [0.2, 0.25) is 0 Å². The van der Waals surface area contributed by atoms with Crippen LogP contribution in [0.1, 0.15) is 5.56 Å². The van der Waals surface area contributed by atoms with E-state index in [0.717, 1.165) is 3.97 Å². The van der Waals surface area contributed by atoms with Crippen molar-refractivity contribution in [1.29, 1.82) is 0 Å². The van der Waals surface area contributed by atoms with Crippen molar-refractivity contribution >= 4 is 39.2 Å². The Morgan fingerprint density at radius 2 is 1.91 bits per heavy atom. The lowest BCUT2D eigenvalue weighted by Gasteiger charge is -2.26. The molecule has 0 N–H and O–H groups in total. The zero-order valence-corrected chi connectivity index (χ0v) is 18.0. The summed E-state index contributed by atoms with van der Waals surface area (Å²) in [4.78, 5) is 12.7. The van der Waals surface area contributed by atoms with Gasteiger partial charge in [0.05, 0.1) is 22.0 Å². The molecule has 0 fully saturated rings. The summed E-state index contributed by atoms with van der Waals surface area (Å²) in [5, 5.41) is 19.4. The van der Waals surface area contributed by atoms with Gasteiger partial charge in [0, 0.05) is 31.9 Å². The van der Waals surface area contributed by atoms with Crippen LogP contribution >= 0.6 is 0 Å². The van der Waals surface area contributed by atoms with Crippen LogP contribution in [0.5, 0.6) is 11.5 Å². The van der Waals surface area contributed by atoms with Crippen molar-refractivity contribution < 1.29 is 22.8 Å². The molecule has 0 amide bonds. The van der Waals surface area contributed by atoms with Gasteiger partial charge >= 0.3 is 0 Å². The van der Waals surface area contributed by atoms with Crippen molar-refractivity contribution in [2.24, 2.45) is 10.2 Å². The largest absolute Gasteiger partial charge is 0.485 e. The maximum atomic E-state index is 13.4. The van der Waals surface area contributed by atoms with Gasteiger partial charge in [-0.1, -0.05) is 18.2 Å². The number of benzene rings is 2. The van der Waals surface area contributed by atoms with E-state index in [1.807, 2.05) is 0 Å². The zero-order chi connectivity index (χ0) is 22.9. The van der Waals surface area contributed by atoms with E-state index in [1.54, 1.807) is 43.3 Å². The number of nitrogens with zero attached hydrogens (tertiary/aromatic N) is 5. The first-order valence-electron chi connectivity index (χ1n) is 9.43. The molecule has 2 heterocycles. The van der Waals surface area contributed by atoms with Gasteiger partial charge in [0.25, 0.3) is 21.1 Å². The minimum Gasteiger partial charge on any atom is -0.485 e. The summed E-state index contributed by atoms with van der Waals surface area (Å²) in [6.45, 7) is -0.232. The molecule has 1 unspecified atom stereocenters. The van der Waals surface area contributed by atoms with Crippen LogP contribution in [0.25, 0.3) is 10.9 Å². The molecule has 1 atom stereocenters. The number of para-hydroxylation sites is 2. The Labute approximate surface area is 183 Å². The van der Waals surface area contributed by atoms with Crippen molar-refractivity contribution in [1.82, 2.24) is 8.87 Å². The van der Waals surface area contributed by atoms with Crippen molar-refractivity contribution in [2.75, 3.05) is 20.7 Å². The molecule has 4 rings (SSSR count). The van der Waals surface area contributed by atoms with Crippen molar-refractivity contribution in [2.45, 2.75) is 5.44 Å². The fourth-order valence-electron chi connectivity index (χ4n) is 3.23. The van der Waals surface area contributed by atoms with E-state index >= 15 is 0 Å². The summed E-state index contributed by atoms with van der Waals surface area (Å²) < 4.78 is 39.1. The first kappa shape index (κ1) is 21.3. The minimum atomic E-state index is -4.16. The summed E-state index contributed by atoms with van der Waals surface area (Å²) in [6, 6.07) is 10.9. The first-order chi connectivity index (χ1) is 15.3. The molecule has 0 bridgehead atoms. The molecular formula is C20H19N5O6S. The number of nitro groups is 1. The third kappa shape index (κ3) is 3.87. The van der Waals surface area contributed by atoms with Crippen molar-refractivity contribution in [3.8, 4) is 11.5 Å². The second-order valence-corrected chi connectivity index (χ2v) is 9.05. The zero-order valence-electron chi connectivity index (χ0n) is 17.2. The third-order valence-corrected chi connectivity index (χ3v) is 6.38. The molecule has 0 saturated carbocycles. The number of aromatic nitrogens is 1. The lowest BCUT2D eigenvalue weighted by Crippen LogP contribution is -2.39. The van der Waals surface area contributed by atoms with E-state index in [9.17, 15) is 18.5 Å². The van der Waals surface area contributed by atoms with E-state index in [4.69, 9.17) is 9.47 Å². The van der Waals surface area contributed by atoms with E-state index in [2.05, 4.69) is 10.2 Å². The summed E-state index contributed by atoms with van der Waals surface area (Å²) >= 11 is 0. The Bertz CT molecular complexity index is 1350. The van der Waals surface area contributed by atoms with Gasteiger partial charge in [-0.15, -0.1) is 5.10 Å². The van der Waals surface area contributed by atoms with Crippen LogP contribution in [0.2, 0.25) is 0 Å². The molecular weight excluding hydrogens is 438 g/mol. The Morgan fingerprint density at radius 3 is 2.62 bits per heavy atom. The highest BCUT2D eigenvalue weighted by molar-refractivity contribution is 7.90. The lowest BCUT2D eigenvalue weighted by molar-refractivity contribution is -0.383. The second-order valence-electron chi connectivity index (χ2n) is 7.10. The molecule has 2 aromatic carbocycles. The van der Waals surface area contributed by atoms with E-state index in [0.29, 0.717) is 11.5 Å². The molecule has 0 radical (unpaired) electrons. The molecule has 166 valence electrons. The number of fused-ring (bicyclic) bond motifs is 2. The fraction of sp³-hybridized carbons (Fsp3) is 0.200. The van der Waals surface area contributed by atoms with Gasteiger partial charge in [-0.05, 0) is 18.2 Å². The summed E-state index contributed by atoms with van der Waals surface area (Å²) in [6.07, 6.45) is 3.98. The second kappa shape index (κ2) is 8.30. The van der Waals surface area contributed by atoms with Gasteiger partial charge < -0.3 is 14.4 Å². The molecule has 0 saturated heterocycles. The number of non-ortho nitro benzene ring substituents is 1. The summed E-state index contributed by atoms with van der Waals surface area (Å²) in [5.74, 6) is 0.744. The highest BCUT2D eigenvalue weighted by Gasteiger charge is 2.36. The monoisotopic (exact) mass is 457 g/mol. The number of ether oxygens (including phenoxy) is 2. The van der Waals surface area contributed by atoms with Crippen molar-refractivity contribution in [3.63, 3.8) is 0 Å². The van der Waals surface area contributed by atoms with E-state index < -0.39 is 20.4 Å². The van der Waals surface area contributed by atoms with Gasteiger partial charge in [0.1, 0.15) is 12.9 Å². The Kier molecular flexibility index (Phi) is 5.53. The third-order valence-electron chi connectivity index (χ3n) is 4.63. The van der Waals surface area contributed by atoms with E-state index in [1.165, 1.54) is 36.9 Å². The Morgan fingerprint density at radius 1 is 1.16 bits per heavy atom. The average Bonchev–Trinajstić information content (AvgIpc) is 3.15. The Balaban J connectivity index is 1.82. The number of hydrogen-bond donors (Lipinski definition) is 0. The van der Waals surface area contributed by atoms with Gasteiger partial charge in [-0.3, -0.25) is 10.1 Å². The number of rotatable bonds is 6. The lowest BCUT2D eigenvalue weighted by atomic mass is 10.1. The molecule has 3 aromatic rings. The average molecular weight is 457 g/mol. The standard InChI is InChI=1S/C20H19N5O6S/c1-23(2)13-22-21-10-14-11-24(15-6-5-7-16(20(14)15)25(26)27)32(28,29)19-12-30-17-8-3-4-9-18(17)31-19/h3-11,13,19H,12H2,1-2H3/b21-10+,22-13+. The SMILES string of the molecule is CN(C)/C=N/N=C/c1cn(S(=O)(=O)C2COc3ccccc3O2)c2cccc([N+](=O)[O-])c12. The quantitative estimate of drug-likeness (QED) is 0.241.